The molecule has 0 aliphatic heterocycles. The average molecular weight is 295 g/mol. The molecule has 6 heteroatoms. The smallest absolute Gasteiger partial charge is 0.257 e. The molecule has 1 atom stereocenters. The van der Waals surface area contributed by atoms with Gasteiger partial charge >= 0.3 is 0 Å². The van der Waals surface area contributed by atoms with Crippen LogP contribution in [0, 0.1) is 6.92 Å². The number of halogens is 2. The lowest BCUT2D eigenvalue weighted by Gasteiger charge is -2.10. The summed E-state index contributed by atoms with van der Waals surface area (Å²) in [6.45, 7) is 3.81. The maximum atomic E-state index is 12.7. The van der Waals surface area contributed by atoms with Crippen molar-refractivity contribution in [2.24, 2.45) is 0 Å². The maximum Gasteiger partial charge on any atom is 0.257 e. The zero-order valence-electron chi connectivity index (χ0n) is 12.4. The highest BCUT2D eigenvalue weighted by molar-refractivity contribution is 5.55. The maximum absolute atomic E-state index is 12.7. The molecule has 0 amide bonds. The molecule has 0 saturated heterocycles. The van der Waals surface area contributed by atoms with E-state index in [1.807, 2.05) is 38.1 Å². The second-order valence-corrected chi connectivity index (χ2v) is 5.09. The minimum Gasteiger partial charge on any atom is -0.384 e. The van der Waals surface area contributed by atoms with Crippen LogP contribution >= 0.6 is 0 Å². The van der Waals surface area contributed by atoms with Crippen LogP contribution in [0.25, 0.3) is 11.4 Å². The van der Waals surface area contributed by atoms with E-state index in [9.17, 15) is 8.78 Å². The molecular weight excluding hydrogens is 276 g/mol. The zero-order chi connectivity index (χ0) is 15.4. The molecule has 0 N–H and O–H groups in total. The summed E-state index contributed by atoms with van der Waals surface area (Å²) in [5.74, 6) is 0.894. The lowest BCUT2D eigenvalue weighted by molar-refractivity contribution is 0.117. The Bertz CT molecular complexity index is 598. The number of ether oxygens (including phenoxy) is 1. The lowest BCUT2D eigenvalue weighted by Crippen LogP contribution is -2.15. The second-order valence-electron chi connectivity index (χ2n) is 5.09. The summed E-state index contributed by atoms with van der Waals surface area (Å²) in [5, 5.41) is 4.24. The van der Waals surface area contributed by atoms with Gasteiger partial charge in [-0.1, -0.05) is 30.7 Å². The fraction of sp³-hybridized carbons (Fsp3) is 0.467. The highest BCUT2D eigenvalue weighted by Gasteiger charge is 2.19. The number of benzene rings is 1. The minimum absolute atomic E-state index is 0.0974. The predicted octanol–water partition coefficient (Wildman–Crippen LogP) is 3.27. The Morgan fingerprint density at radius 3 is 2.71 bits per heavy atom. The second kappa shape index (κ2) is 6.76. The van der Waals surface area contributed by atoms with Gasteiger partial charge in [-0.15, -0.1) is 0 Å². The number of aromatic nitrogens is 3. The Hall–Kier alpha value is -1.82. The average Bonchev–Trinajstić information content (AvgIpc) is 2.82. The summed E-state index contributed by atoms with van der Waals surface area (Å²) in [7, 11) is 1.58. The van der Waals surface area contributed by atoms with E-state index in [1.165, 1.54) is 4.68 Å². The topological polar surface area (TPSA) is 39.9 Å². The van der Waals surface area contributed by atoms with Crippen molar-refractivity contribution in [3.8, 4) is 11.4 Å². The third-order valence-electron chi connectivity index (χ3n) is 3.14. The molecule has 0 bridgehead atoms. The Kier molecular flexibility index (Phi) is 5.01. The molecule has 0 aliphatic rings. The number of nitrogens with zero attached hydrogens (tertiary/aromatic N) is 3. The van der Waals surface area contributed by atoms with Crippen molar-refractivity contribution in [2.75, 3.05) is 13.7 Å². The van der Waals surface area contributed by atoms with Gasteiger partial charge < -0.3 is 4.74 Å². The zero-order valence-corrected chi connectivity index (χ0v) is 12.4. The van der Waals surface area contributed by atoms with Crippen molar-refractivity contribution in [1.82, 2.24) is 14.8 Å². The highest BCUT2D eigenvalue weighted by atomic mass is 19.3. The number of rotatable bonds is 6. The fourth-order valence-electron chi connectivity index (χ4n) is 2.21. The molecule has 0 unspecified atom stereocenters. The van der Waals surface area contributed by atoms with E-state index < -0.39 is 13.0 Å². The SMILES string of the molecule is COC[C@H](C)c1nc(-c2cccc(C)c2)nn1CC(F)F. The van der Waals surface area contributed by atoms with Gasteiger partial charge in [0.05, 0.1) is 6.61 Å². The molecule has 0 fully saturated rings. The first-order valence-electron chi connectivity index (χ1n) is 6.80. The number of methoxy groups -OCH3 is 1. The number of aryl methyl sites for hydroxylation is 1. The Labute approximate surface area is 122 Å². The molecule has 1 aromatic carbocycles. The third kappa shape index (κ3) is 3.85. The van der Waals surface area contributed by atoms with Gasteiger partial charge in [0.25, 0.3) is 6.43 Å². The van der Waals surface area contributed by atoms with E-state index in [2.05, 4.69) is 10.1 Å². The summed E-state index contributed by atoms with van der Waals surface area (Å²) in [4.78, 5) is 4.43. The number of hydrogen-bond donors (Lipinski definition) is 0. The first kappa shape index (κ1) is 15.6. The summed E-state index contributed by atoms with van der Waals surface area (Å²) < 4.78 is 31.8. The first-order valence-corrected chi connectivity index (χ1v) is 6.80. The molecule has 114 valence electrons. The molecule has 0 spiro atoms. The quantitative estimate of drug-likeness (QED) is 0.821. The molecule has 0 saturated carbocycles. The Morgan fingerprint density at radius 2 is 2.10 bits per heavy atom. The van der Waals surface area contributed by atoms with Crippen molar-refractivity contribution in [3.05, 3.63) is 35.7 Å². The lowest BCUT2D eigenvalue weighted by atomic mass is 10.1. The van der Waals surface area contributed by atoms with Gasteiger partial charge in [0.1, 0.15) is 12.4 Å². The van der Waals surface area contributed by atoms with Crippen LogP contribution in [0.3, 0.4) is 0 Å². The minimum atomic E-state index is -2.47. The Balaban J connectivity index is 2.39. The number of hydrogen-bond acceptors (Lipinski definition) is 3. The van der Waals surface area contributed by atoms with Crippen molar-refractivity contribution >= 4 is 0 Å². The highest BCUT2D eigenvalue weighted by Crippen LogP contribution is 2.21. The van der Waals surface area contributed by atoms with Crippen molar-refractivity contribution in [2.45, 2.75) is 32.7 Å². The van der Waals surface area contributed by atoms with Crippen LogP contribution in [-0.2, 0) is 11.3 Å². The van der Waals surface area contributed by atoms with Crippen LogP contribution < -0.4 is 0 Å². The molecule has 2 aromatic rings. The molecule has 21 heavy (non-hydrogen) atoms. The summed E-state index contributed by atoms with van der Waals surface area (Å²) in [6, 6.07) is 7.68. The van der Waals surface area contributed by atoms with Crippen LogP contribution in [0.15, 0.2) is 24.3 Å². The van der Waals surface area contributed by atoms with Crippen LogP contribution in [-0.4, -0.2) is 34.9 Å². The van der Waals surface area contributed by atoms with Crippen LogP contribution in [0.5, 0.6) is 0 Å². The van der Waals surface area contributed by atoms with Gasteiger partial charge in [-0.3, -0.25) is 0 Å². The van der Waals surface area contributed by atoms with Crippen molar-refractivity contribution in [3.63, 3.8) is 0 Å². The van der Waals surface area contributed by atoms with Gasteiger partial charge in [-0.25, -0.2) is 18.4 Å². The van der Waals surface area contributed by atoms with Crippen LogP contribution in [0.2, 0.25) is 0 Å². The molecule has 0 aliphatic carbocycles. The summed E-state index contributed by atoms with van der Waals surface area (Å²) in [5.41, 5.74) is 1.90. The predicted molar refractivity (Wildman–Crippen MR) is 76.5 cm³/mol. The van der Waals surface area contributed by atoms with E-state index in [4.69, 9.17) is 4.74 Å². The van der Waals surface area contributed by atoms with E-state index in [0.29, 0.717) is 18.3 Å². The normalized spacial score (nSPS) is 12.9. The standard InChI is InChI=1S/C15H19F2N3O/c1-10-5-4-6-12(7-10)14-18-15(11(2)9-21-3)20(19-14)8-13(16)17/h4-7,11,13H,8-9H2,1-3H3/t11-/m0/s1. The van der Waals surface area contributed by atoms with Gasteiger partial charge in [0, 0.05) is 18.6 Å². The molecule has 4 nitrogen and oxygen atoms in total. The molecular formula is C15H19F2N3O. The summed E-state index contributed by atoms with van der Waals surface area (Å²) in [6.07, 6.45) is -2.47. The van der Waals surface area contributed by atoms with Crippen molar-refractivity contribution < 1.29 is 13.5 Å². The molecule has 1 heterocycles. The van der Waals surface area contributed by atoms with Gasteiger partial charge in [0.2, 0.25) is 0 Å². The molecule has 0 radical (unpaired) electrons. The molecule has 2 rings (SSSR count). The van der Waals surface area contributed by atoms with E-state index in [-0.39, 0.29) is 5.92 Å². The van der Waals surface area contributed by atoms with Crippen molar-refractivity contribution in [1.29, 1.82) is 0 Å². The number of alkyl halides is 2. The molecule has 1 aromatic heterocycles. The van der Waals surface area contributed by atoms with Gasteiger partial charge in [-0.05, 0) is 13.0 Å². The van der Waals surface area contributed by atoms with Gasteiger partial charge in [-0.2, -0.15) is 5.10 Å². The summed E-state index contributed by atoms with van der Waals surface area (Å²) >= 11 is 0. The third-order valence-corrected chi connectivity index (χ3v) is 3.14. The van der Waals surface area contributed by atoms with Crippen LogP contribution in [0.4, 0.5) is 8.78 Å². The van der Waals surface area contributed by atoms with E-state index in [0.717, 1.165) is 11.1 Å². The monoisotopic (exact) mass is 295 g/mol. The Morgan fingerprint density at radius 1 is 1.33 bits per heavy atom. The van der Waals surface area contributed by atoms with E-state index in [1.54, 1.807) is 7.11 Å². The first-order chi connectivity index (χ1) is 10.0. The van der Waals surface area contributed by atoms with Gasteiger partial charge in [0.15, 0.2) is 5.82 Å². The largest absolute Gasteiger partial charge is 0.384 e. The van der Waals surface area contributed by atoms with E-state index >= 15 is 0 Å². The van der Waals surface area contributed by atoms with Crippen LogP contribution in [0.1, 0.15) is 24.2 Å². The fourth-order valence-corrected chi connectivity index (χ4v) is 2.21.